The number of halogens is 1. The molecule has 0 aromatic carbocycles. The summed E-state index contributed by atoms with van der Waals surface area (Å²) >= 11 is 6.14. The Bertz CT molecular complexity index is 648. The number of pyridine rings is 1. The molecule has 144 valence electrons. The van der Waals surface area contributed by atoms with Crippen LogP contribution in [0.1, 0.15) is 50.4 Å². The summed E-state index contributed by atoms with van der Waals surface area (Å²) in [5, 5.41) is 2.94. The normalized spacial score (nSPS) is 17.8. The maximum absolute atomic E-state index is 12.7. The van der Waals surface area contributed by atoms with Crippen molar-refractivity contribution in [2.45, 2.75) is 52.1 Å². The van der Waals surface area contributed by atoms with Gasteiger partial charge in [-0.25, -0.2) is 4.98 Å². The second kappa shape index (κ2) is 9.33. The molecule has 0 bridgehead atoms. The highest BCUT2D eigenvalue weighted by Gasteiger charge is 2.35. The van der Waals surface area contributed by atoms with Crippen molar-refractivity contribution in [3.63, 3.8) is 0 Å². The zero-order valence-corrected chi connectivity index (χ0v) is 16.8. The van der Waals surface area contributed by atoms with Gasteiger partial charge in [0.2, 0.25) is 5.91 Å². The second-order valence-corrected chi connectivity index (χ2v) is 7.07. The minimum atomic E-state index is -0.239. The van der Waals surface area contributed by atoms with Gasteiger partial charge in [0, 0.05) is 31.6 Å². The summed E-state index contributed by atoms with van der Waals surface area (Å²) in [6.45, 7) is 9.11. The van der Waals surface area contributed by atoms with Crippen molar-refractivity contribution < 1.29 is 9.59 Å². The summed E-state index contributed by atoms with van der Waals surface area (Å²) in [4.78, 5) is 33.1. The third-order valence-electron chi connectivity index (χ3n) is 5.19. The summed E-state index contributed by atoms with van der Waals surface area (Å²) in [6.07, 6.45) is 2.05. The van der Waals surface area contributed by atoms with Gasteiger partial charge in [-0.05, 0) is 45.0 Å². The molecule has 0 aliphatic carbocycles. The second-order valence-electron chi connectivity index (χ2n) is 6.68. The molecule has 26 heavy (non-hydrogen) atoms. The van der Waals surface area contributed by atoms with Crippen LogP contribution in [0.2, 0.25) is 5.15 Å². The van der Waals surface area contributed by atoms with Gasteiger partial charge in [0.25, 0.3) is 0 Å². The summed E-state index contributed by atoms with van der Waals surface area (Å²) in [5.74, 6) is 0.614. The molecule has 1 aromatic heterocycles. The summed E-state index contributed by atoms with van der Waals surface area (Å²) in [6, 6.07) is 3.49. The van der Waals surface area contributed by atoms with Gasteiger partial charge in [-0.15, -0.1) is 0 Å². The van der Waals surface area contributed by atoms with Crippen LogP contribution in [0.3, 0.4) is 0 Å². The average molecular weight is 381 g/mol. The third kappa shape index (κ3) is 4.74. The lowest BCUT2D eigenvalue weighted by molar-refractivity contribution is -0.123. The van der Waals surface area contributed by atoms with Gasteiger partial charge in [0.1, 0.15) is 17.0 Å². The molecule has 0 radical (unpaired) electrons. The highest BCUT2D eigenvalue weighted by atomic mass is 35.5. The van der Waals surface area contributed by atoms with E-state index in [9.17, 15) is 9.59 Å². The van der Waals surface area contributed by atoms with E-state index in [2.05, 4.69) is 36.0 Å². The highest BCUT2D eigenvalue weighted by Crippen LogP contribution is 2.28. The number of rotatable bonds is 9. The molecule has 1 amide bonds. The largest absolute Gasteiger partial charge is 0.357 e. The van der Waals surface area contributed by atoms with E-state index in [0.29, 0.717) is 23.8 Å². The first kappa shape index (κ1) is 20.6. The maximum Gasteiger partial charge on any atom is 0.242 e. The van der Waals surface area contributed by atoms with Crippen LogP contribution in [0.4, 0.5) is 5.82 Å². The number of hydrogen-bond acceptors (Lipinski definition) is 5. The highest BCUT2D eigenvalue weighted by molar-refractivity contribution is 6.30. The van der Waals surface area contributed by atoms with Gasteiger partial charge in [0.15, 0.2) is 5.78 Å². The van der Waals surface area contributed by atoms with Crippen LogP contribution in [-0.2, 0) is 4.79 Å². The minimum absolute atomic E-state index is 0.0426. The molecule has 2 rings (SSSR count). The van der Waals surface area contributed by atoms with E-state index in [-0.39, 0.29) is 22.9 Å². The van der Waals surface area contributed by atoms with E-state index in [1.807, 2.05) is 4.90 Å². The monoisotopic (exact) mass is 380 g/mol. The predicted molar refractivity (Wildman–Crippen MR) is 105 cm³/mol. The molecule has 2 heterocycles. The molecule has 6 nitrogen and oxygen atoms in total. The number of anilines is 1. The van der Waals surface area contributed by atoms with Crippen molar-refractivity contribution in [2.75, 3.05) is 31.6 Å². The van der Waals surface area contributed by atoms with Crippen molar-refractivity contribution in [1.29, 1.82) is 0 Å². The number of carbonyl (C=O) groups excluding carboxylic acids is 2. The molecule has 1 aliphatic heterocycles. The molecular formula is C19H29ClN4O2. The summed E-state index contributed by atoms with van der Waals surface area (Å²) < 4.78 is 0. The Balaban J connectivity index is 2.07. The fourth-order valence-electron chi connectivity index (χ4n) is 3.41. The number of amides is 1. The number of likely N-dealkylation sites (N-methyl/N-ethyl adjacent to an activating group) is 1. The van der Waals surface area contributed by atoms with Crippen molar-refractivity contribution >= 4 is 29.1 Å². The lowest BCUT2D eigenvalue weighted by atomic mass is 10.0. The molecule has 0 saturated carbocycles. The minimum Gasteiger partial charge on any atom is -0.357 e. The molecular weight excluding hydrogens is 352 g/mol. The number of nitrogens with zero attached hydrogens (tertiary/aromatic N) is 3. The molecule has 1 N–H and O–H groups in total. The number of Topliss-reactive ketones (excluding diaryl/α,β-unsaturated/α-hetero) is 1. The zero-order valence-electron chi connectivity index (χ0n) is 16.1. The van der Waals surface area contributed by atoms with Gasteiger partial charge >= 0.3 is 0 Å². The summed E-state index contributed by atoms with van der Waals surface area (Å²) in [7, 11) is 1.62. The van der Waals surface area contributed by atoms with Crippen molar-refractivity contribution in [3.8, 4) is 0 Å². The van der Waals surface area contributed by atoms with E-state index in [4.69, 9.17) is 11.6 Å². The van der Waals surface area contributed by atoms with E-state index in [1.54, 1.807) is 19.2 Å². The fraction of sp³-hybridized carbons (Fsp3) is 0.632. The lowest BCUT2D eigenvalue weighted by Crippen LogP contribution is -2.56. The van der Waals surface area contributed by atoms with E-state index in [1.165, 1.54) is 0 Å². The standard InChI is InChI=1S/C19H29ClN4O2/c1-5-23(6-2)13(3)7-8-16(25)14-11-17(20)22-18(12-14)24-10-9-15(24)19(26)21-4/h11-13,15H,5-10H2,1-4H3,(H,21,26)/t13-,15-/m0/s1. The predicted octanol–water partition coefficient (Wildman–Crippen LogP) is 2.75. The van der Waals surface area contributed by atoms with Crippen LogP contribution in [0.5, 0.6) is 0 Å². The van der Waals surface area contributed by atoms with Crippen LogP contribution >= 0.6 is 11.6 Å². The van der Waals surface area contributed by atoms with Crippen molar-refractivity contribution in [2.24, 2.45) is 0 Å². The van der Waals surface area contributed by atoms with Crippen LogP contribution in [0.25, 0.3) is 0 Å². The van der Waals surface area contributed by atoms with Gasteiger partial charge in [-0.3, -0.25) is 9.59 Å². The molecule has 2 atom stereocenters. The number of carbonyl (C=O) groups is 2. The number of nitrogens with one attached hydrogen (secondary N) is 1. The van der Waals surface area contributed by atoms with Crippen molar-refractivity contribution in [1.82, 2.24) is 15.2 Å². The van der Waals surface area contributed by atoms with Crippen molar-refractivity contribution in [3.05, 3.63) is 22.8 Å². The first-order valence-corrected chi connectivity index (χ1v) is 9.72. The van der Waals surface area contributed by atoms with Crippen LogP contribution < -0.4 is 10.2 Å². The number of ketones is 1. The van der Waals surface area contributed by atoms with E-state index >= 15 is 0 Å². The lowest BCUT2D eigenvalue weighted by Gasteiger charge is -2.40. The Hall–Kier alpha value is -1.66. The fourth-order valence-corrected chi connectivity index (χ4v) is 3.61. The molecule has 1 aromatic rings. The smallest absolute Gasteiger partial charge is 0.242 e. The number of hydrogen-bond donors (Lipinski definition) is 1. The van der Waals surface area contributed by atoms with E-state index in [0.717, 1.165) is 32.5 Å². The maximum atomic E-state index is 12.7. The molecule has 0 spiro atoms. The average Bonchev–Trinajstić information content (AvgIpc) is 2.59. The Morgan fingerprint density at radius 2 is 2.08 bits per heavy atom. The Morgan fingerprint density at radius 1 is 1.38 bits per heavy atom. The quantitative estimate of drug-likeness (QED) is 0.527. The number of aromatic nitrogens is 1. The first-order valence-electron chi connectivity index (χ1n) is 9.34. The zero-order chi connectivity index (χ0) is 19.3. The Labute approximate surface area is 160 Å². The molecule has 1 aliphatic rings. The van der Waals surface area contributed by atoms with Gasteiger partial charge in [-0.1, -0.05) is 25.4 Å². The van der Waals surface area contributed by atoms with Crippen LogP contribution in [0.15, 0.2) is 12.1 Å². The third-order valence-corrected chi connectivity index (χ3v) is 5.38. The van der Waals surface area contributed by atoms with Crippen LogP contribution in [0, 0.1) is 0 Å². The topological polar surface area (TPSA) is 65.5 Å². The van der Waals surface area contributed by atoms with Gasteiger partial charge < -0.3 is 15.1 Å². The van der Waals surface area contributed by atoms with E-state index < -0.39 is 0 Å². The molecule has 1 fully saturated rings. The SMILES string of the molecule is CCN(CC)[C@@H](C)CCC(=O)c1cc(Cl)nc(N2CC[C@H]2C(=O)NC)c1. The molecule has 7 heteroatoms. The molecule has 0 unspecified atom stereocenters. The van der Waals surface area contributed by atoms with Crippen LogP contribution in [-0.4, -0.2) is 60.3 Å². The Kier molecular flexibility index (Phi) is 7.41. The van der Waals surface area contributed by atoms with Gasteiger partial charge in [0.05, 0.1) is 0 Å². The summed E-state index contributed by atoms with van der Waals surface area (Å²) in [5.41, 5.74) is 0.564. The Morgan fingerprint density at radius 3 is 2.62 bits per heavy atom. The molecule has 1 saturated heterocycles. The first-order chi connectivity index (χ1) is 12.4. The van der Waals surface area contributed by atoms with Gasteiger partial charge in [-0.2, -0.15) is 0 Å².